The van der Waals surface area contributed by atoms with Crippen molar-refractivity contribution >= 4 is 29.3 Å². The average molecular weight is 404 g/mol. The van der Waals surface area contributed by atoms with Crippen LogP contribution in [0.15, 0.2) is 29.2 Å². The first-order valence-electron chi connectivity index (χ1n) is 8.73. The molecule has 2 aliphatic rings. The molecule has 1 heterocycles. The Morgan fingerprint density at radius 2 is 1.88 bits per heavy atom. The number of ether oxygens (including phenoxy) is 2. The number of aliphatic hydroxyl groups is 1. The van der Waals surface area contributed by atoms with E-state index in [4.69, 9.17) is 26.2 Å². The first-order valence-corrected chi connectivity index (χ1v) is 10.1. The maximum absolute atomic E-state index is 10.2. The lowest BCUT2D eigenvalue weighted by Gasteiger charge is -2.43. The van der Waals surface area contributed by atoms with Crippen LogP contribution in [-0.4, -0.2) is 59.2 Å². The molecule has 0 amide bonds. The van der Waals surface area contributed by atoms with E-state index in [0.29, 0.717) is 25.0 Å². The number of benzene rings is 1. The molecular weight excluding hydrogens is 378 g/mol. The SMILES string of the molecule is O=C(O)CSc1ccc(Cl)cc1.OCN1COCCOC12CCCCC2. The van der Waals surface area contributed by atoms with Gasteiger partial charge >= 0.3 is 5.97 Å². The van der Waals surface area contributed by atoms with Gasteiger partial charge in [-0.05, 0) is 49.9 Å². The van der Waals surface area contributed by atoms with E-state index in [1.807, 2.05) is 4.90 Å². The van der Waals surface area contributed by atoms with Crippen LogP contribution in [0.25, 0.3) is 0 Å². The molecule has 26 heavy (non-hydrogen) atoms. The van der Waals surface area contributed by atoms with Crippen LogP contribution in [-0.2, 0) is 14.3 Å². The van der Waals surface area contributed by atoms with Gasteiger partial charge in [0.05, 0.1) is 25.7 Å². The lowest BCUT2D eigenvalue weighted by molar-refractivity contribution is -0.192. The number of rotatable bonds is 4. The first-order chi connectivity index (χ1) is 12.6. The fourth-order valence-corrected chi connectivity index (χ4v) is 3.83. The summed E-state index contributed by atoms with van der Waals surface area (Å²) in [6.07, 6.45) is 5.71. The molecule has 2 fully saturated rings. The van der Waals surface area contributed by atoms with Gasteiger partial charge in [0.2, 0.25) is 0 Å². The highest BCUT2D eigenvalue weighted by molar-refractivity contribution is 8.00. The second kappa shape index (κ2) is 11.1. The van der Waals surface area contributed by atoms with Gasteiger partial charge in [-0.3, -0.25) is 4.79 Å². The summed E-state index contributed by atoms with van der Waals surface area (Å²) in [5.41, 5.74) is -0.233. The van der Waals surface area contributed by atoms with E-state index in [0.717, 1.165) is 17.7 Å². The van der Waals surface area contributed by atoms with Gasteiger partial charge < -0.3 is 19.7 Å². The smallest absolute Gasteiger partial charge is 0.313 e. The van der Waals surface area contributed by atoms with Crippen LogP contribution in [0.2, 0.25) is 5.02 Å². The van der Waals surface area contributed by atoms with Gasteiger partial charge in [-0.1, -0.05) is 18.0 Å². The number of halogens is 1. The van der Waals surface area contributed by atoms with E-state index in [9.17, 15) is 9.90 Å². The minimum Gasteiger partial charge on any atom is -0.481 e. The minimum atomic E-state index is -0.810. The number of aliphatic hydroxyl groups excluding tert-OH is 1. The van der Waals surface area contributed by atoms with Crippen molar-refractivity contribution in [3.8, 4) is 0 Å². The molecule has 1 aliphatic carbocycles. The summed E-state index contributed by atoms with van der Waals surface area (Å²) in [5.74, 6) is -0.725. The van der Waals surface area contributed by atoms with Crippen LogP contribution in [0.4, 0.5) is 0 Å². The maximum Gasteiger partial charge on any atom is 0.313 e. The summed E-state index contributed by atoms with van der Waals surface area (Å²) in [6, 6.07) is 7.09. The van der Waals surface area contributed by atoms with Crippen LogP contribution < -0.4 is 0 Å². The van der Waals surface area contributed by atoms with E-state index < -0.39 is 5.97 Å². The van der Waals surface area contributed by atoms with Gasteiger partial charge in [-0.15, -0.1) is 11.8 Å². The molecule has 2 N–H and O–H groups in total. The fraction of sp³-hybridized carbons (Fsp3) is 0.611. The van der Waals surface area contributed by atoms with E-state index >= 15 is 0 Å². The van der Waals surface area contributed by atoms with Crippen molar-refractivity contribution < 1.29 is 24.5 Å². The number of aliphatic carboxylic acids is 1. The van der Waals surface area contributed by atoms with Gasteiger partial charge in [-0.2, -0.15) is 0 Å². The lowest BCUT2D eigenvalue weighted by atomic mass is 9.90. The topological polar surface area (TPSA) is 79.2 Å². The third-order valence-corrected chi connectivity index (χ3v) is 5.65. The van der Waals surface area contributed by atoms with Gasteiger partial charge in [0.1, 0.15) is 12.5 Å². The molecule has 1 aliphatic heterocycles. The molecule has 0 radical (unpaired) electrons. The van der Waals surface area contributed by atoms with E-state index in [2.05, 4.69) is 0 Å². The third-order valence-electron chi connectivity index (χ3n) is 4.40. The summed E-state index contributed by atoms with van der Waals surface area (Å²) >= 11 is 6.93. The minimum absolute atomic E-state index is 0.0278. The Kier molecular flexibility index (Phi) is 9.18. The van der Waals surface area contributed by atoms with Crippen molar-refractivity contribution in [2.45, 2.75) is 42.7 Å². The molecule has 0 atom stereocenters. The monoisotopic (exact) mass is 403 g/mol. The van der Waals surface area contributed by atoms with E-state index in [1.165, 1.54) is 31.0 Å². The fourth-order valence-electron chi connectivity index (χ4n) is 3.08. The standard InChI is InChI=1S/C10H19NO3.C8H7ClO2S/c12-8-11-9-13-6-7-14-10(11)4-2-1-3-5-10;9-6-1-3-7(4-2-6)12-5-8(10)11/h12H,1-9H2;1-4H,5H2,(H,10,11). The molecule has 1 aromatic rings. The van der Waals surface area contributed by atoms with Crippen LogP contribution in [0.3, 0.4) is 0 Å². The highest BCUT2D eigenvalue weighted by atomic mass is 35.5. The molecule has 146 valence electrons. The predicted molar refractivity (Wildman–Crippen MR) is 101 cm³/mol. The number of nitrogens with zero attached hydrogens (tertiary/aromatic N) is 1. The van der Waals surface area contributed by atoms with Crippen LogP contribution in [0.5, 0.6) is 0 Å². The van der Waals surface area contributed by atoms with Crippen molar-refractivity contribution in [2.75, 3.05) is 32.4 Å². The highest BCUT2D eigenvalue weighted by Gasteiger charge is 2.39. The quantitative estimate of drug-likeness (QED) is 0.745. The summed E-state index contributed by atoms with van der Waals surface area (Å²) in [6.45, 7) is 1.81. The molecule has 1 saturated carbocycles. The van der Waals surface area contributed by atoms with Gasteiger partial charge in [-0.25, -0.2) is 4.90 Å². The Morgan fingerprint density at radius 3 is 2.50 bits per heavy atom. The normalized spacial score (nSPS) is 20.1. The summed E-state index contributed by atoms with van der Waals surface area (Å²) < 4.78 is 11.2. The molecule has 3 rings (SSSR count). The molecule has 1 aromatic carbocycles. The van der Waals surface area contributed by atoms with Crippen molar-refractivity contribution in [1.82, 2.24) is 4.90 Å². The zero-order chi connectivity index (χ0) is 18.8. The van der Waals surface area contributed by atoms with E-state index in [1.54, 1.807) is 24.3 Å². The molecule has 0 unspecified atom stereocenters. The number of carbonyl (C=O) groups is 1. The Labute approximate surface area is 163 Å². The van der Waals surface area contributed by atoms with Crippen molar-refractivity contribution in [2.24, 2.45) is 0 Å². The number of hydrogen-bond donors (Lipinski definition) is 2. The van der Waals surface area contributed by atoms with Crippen molar-refractivity contribution in [3.05, 3.63) is 29.3 Å². The van der Waals surface area contributed by atoms with Crippen molar-refractivity contribution in [1.29, 1.82) is 0 Å². The predicted octanol–water partition coefficient (Wildman–Crippen LogP) is 3.42. The number of carboxylic acid groups (broad SMARTS) is 1. The lowest BCUT2D eigenvalue weighted by Crippen LogP contribution is -2.52. The zero-order valence-corrected chi connectivity index (χ0v) is 16.3. The van der Waals surface area contributed by atoms with Crippen LogP contribution in [0.1, 0.15) is 32.1 Å². The highest BCUT2D eigenvalue weighted by Crippen LogP contribution is 2.35. The van der Waals surface area contributed by atoms with Crippen molar-refractivity contribution in [3.63, 3.8) is 0 Å². The third kappa shape index (κ3) is 6.72. The maximum atomic E-state index is 10.2. The van der Waals surface area contributed by atoms with Crippen LogP contribution >= 0.6 is 23.4 Å². The molecule has 8 heteroatoms. The number of carboxylic acids is 1. The second-order valence-electron chi connectivity index (χ2n) is 6.21. The summed E-state index contributed by atoms with van der Waals surface area (Å²) in [4.78, 5) is 13.0. The average Bonchev–Trinajstić information content (AvgIpc) is 2.84. The molecule has 0 aromatic heterocycles. The van der Waals surface area contributed by atoms with Gasteiger partial charge in [0, 0.05) is 9.92 Å². The number of thioether (sulfide) groups is 1. The zero-order valence-electron chi connectivity index (χ0n) is 14.7. The first kappa shape index (κ1) is 21.5. The molecule has 1 saturated heterocycles. The van der Waals surface area contributed by atoms with Crippen LogP contribution in [0, 0.1) is 0 Å². The molecule has 1 spiro atoms. The Hall–Kier alpha value is -0.830. The Balaban J connectivity index is 0.000000190. The molecule has 0 bridgehead atoms. The van der Waals surface area contributed by atoms with E-state index in [-0.39, 0.29) is 18.2 Å². The van der Waals surface area contributed by atoms with Gasteiger partial charge in [0.15, 0.2) is 0 Å². The summed E-state index contributed by atoms with van der Waals surface area (Å²) in [5, 5.41) is 18.3. The largest absolute Gasteiger partial charge is 0.481 e. The Bertz CT molecular complexity index is 551. The summed E-state index contributed by atoms with van der Waals surface area (Å²) in [7, 11) is 0. The number of hydrogen-bond acceptors (Lipinski definition) is 6. The Morgan fingerprint density at radius 1 is 1.19 bits per heavy atom. The van der Waals surface area contributed by atoms with Gasteiger partial charge in [0.25, 0.3) is 0 Å². The molecular formula is C18H26ClNO5S. The molecule has 6 nitrogen and oxygen atoms in total. The second-order valence-corrected chi connectivity index (χ2v) is 7.70.